The molecular formula is C26H26N4O2. The van der Waals surface area contributed by atoms with Crippen LogP contribution in [-0.2, 0) is 4.79 Å². The fourth-order valence-corrected chi connectivity index (χ4v) is 4.09. The molecule has 32 heavy (non-hydrogen) atoms. The van der Waals surface area contributed by atoms with E-state index in [1.807, 2.05) is 54.6 Å². The molecule has 162 valence electrons. The van der Waals surface area contributed by atoms with E-state index >= 15 is 0 Å². The van der Waals surface area contributed by atoms with Crippen LogP contribution in [0.2, 0.25) is 0 Å². The van der Waals surface area contributed by atoms with E-state index in [9.17, 15) is 4.79 Å². The second-order valence-electron chi connectivity index (χ2n) is 7.87. The smallest absolute Gasteiger partial charge is 0.208 e. The molecular weight excluding hydrogens is 400 g/mol. The van der Waals surface area contributed by atoms with Crippen molar-refractivity contribution in [3.8, 4) is 34.5 Å². The Morgan fingerprint density at radius 2 is 1.81 bits per heavy atom. The zero-order valence-electron chi connectivity index (χ0n) is 18.0. The molecule has 0 spiro atoms. The predicted molar refractivity (Wildman–Crippen MR) is 126 cm³/mol. The van der Waals surface area contributed by atoms with Crippen LogP contribution in [0.15, 0.2) is 60.9 Å². The Hall–Kier alpha value is -3.85. The molecule has 1 heterocycles. The lowest BCUT2D eigenvalue weighted by molar-refractivity contribution is -0.118. The second kappa shape index (κ2) is 9.97. The molecule has 2 aromatic carbocycles. The van der Waals surface area contributed by atoms with Gasteiger partial charge in [0.25, 0.3) is 0 Å². The summed E-state index contributed by atoms with van der Waals surface area (Å²) in [6, 6.07) is 17.5. The highest BCUT2D eigenvalue weighted by Crippen LogP contribution is 2.35. The fraction of sp³-hybridized carbons (Fsp3) is 0.269. The first kappa shape index (κ1) is 21.4. The summed E-state index contributed by atoms with van der Waals surface area (Å²) in [6.45, 7) is 1.70. The summed E-state index contributed by atoms with van der Waals surface area (Å²) in [6.07, 6.45) is 5.02. The fourth-order valence-electron chi connectivity index (χ4n) is 4.09. The van der Waals surface area contributed by atoms with Gasteiger partial charge in [-0.2, -0.15) is 0 Å². The van der Waals surface area contributed by atoms with Crippen molar-refractivity contribution in [1.29, 1.82) is 0 Å². The molecule has 1 aromatic heterocycles. The van der Waals surface area contributed by atoms with Crippen molar-refractivity contribution in [2.24, 2.45) is 5.92 Å². The molecule has 0 bridgehead atoms. The number of hydrogen-bond donors (Lipinski definition) is 2. The van der Waals surface area contributed by atoms with Crippen LogP contribution in [-0.4, -0.2) is 21.8 Å². The third-order valence-corrected chi connectivity index (χ3v) is 5.63. The van der Waals surface area contributed by atoms with E-state index in [1.165, 1.54) is 6.33 Å². The van der Waals surface area contributed by atoms with Crippen LogP contribution in [0.3, 0.4) is 0 Å². The Balaban J connectivity index is 1.53. The number of hydrogen-bond acceptors (Lipinski definition) is 6. The molecule has 2 unspecified atom stereocenters. The average Bonchev–Trinajstić information content (AvgIpc) is 2.81. The van der Waals surface area contributed by atoms with Gasteiger partial charge in [0.2, 0.25) is 5.78 Å². The highest BCUT2D eigenvalue weighted by molar-refractivity contribution is 5.97. The van der Waals surface area contributed by atoms with E-state index in [4.69, 9.17) is 10.5 Å². The standard InChI is InChI=1S/C26H26N4O2/c1-2-7-23(31)19-8-6-9-20(16-19)30-26-24(25(27)28-17-29-26)18-12-14-22(15-13-18)32-21-10-4-3-5-11-21/h3-5,10-15,17,19-20H,6,8-9,16H2,1H3,(H3,27,28,29,30). The van der Waals surface area contributed by atoms with Crippen molar-refractivity contribution in [3.63, 3.8) is 0 Å². The van der Waals surface area contributed by atoms with Gasteiger partial charge >= 0.3 is 0 Å². The molecule has 0 amide bonds. The first-order chi connectivity index (χ1) is 15.6. The average molecular weight is 427 g/mol. The summed E-state index contributed by atoms with van der Waals surface area (Å²) in [5.41, 5.74) is 7.89. The minimum Gasteiger partial charge on any atom is -0.457 e. The zero-order chi connectivity index (χ0) is 22.3. The number of nitrogens with zero attached hydrogens (tertiary/aromatic N) is 2. The van der Waals surface area contributed by atoms with E-state index in [1.54, 1.807) is 6.92 Å². The number of Topliss-reactive ketones (excluding diaryl/α,β-unsaturated/α-hetero) is 1. The highest BCUT2D eigenvalue weighted by atomic mass is 16.5. The summed E-state index contributed by atoms with van der Waals surface area (Å²) in [4.78, 5) is 20.9. The number of ether oxygens (including phenoxy) is 1. The van der Waals surface area contributed by atoms with Crippen LogP contribution >= 0.6 is 0 Å². The van der Waals surface area contributed by atoms with Gasteiger partial charge in [0.15, 0.2) is 0 Å². The van der Waals surface area contributed by atoms with Gasteiger partial charge in [0, 0.05) is 12.0 Å². The maximum Gasteiger partial charge on any atom is 0.208 e. The number of ketones is 1. The molecule has 4 rings (SSSR count). The van der Waals surface area contributed by atoms with E-state index in [0.29, 0.717) is 11.6 Å². The largest absolute Gasteiger partial charge is 0.457 e. The SMILES string of the molecule is CC#CC(=O)C1CCCC(Nc2ncnc(N)c2-c2ccc(Oc3ccccc3)cc2)C1. The molecule has 0 aliphatic heterocycles. The third-order valence-electron chi connectivity index (χ3n) is 5.63. The molecule has 1 saturated carbocycles. The van der Waals surface area contributed by atoms with Crippen molar-refractivity contribution in [2.75, 3.05) is 11.1 Å². The van der Waals surface area contributed by atoms with Gasteiger partial charge in [0.05, 0.1) is 5.56 Å². The topological polar surface area (TPSA) is 90.1 Å². The lowest BCUT2D eigenvalue weighted by Gasteiger charge is -2.29. The van der Waals surface area contributed by atoms with Crippen molar-refractivity contribution in [1.82, 2.24) is 9.97 Å². The third kappa shape index (κ3) is 5.06. The Labute approximate surface area is 188 Å². The minimum atomic E-state index is -0.0363. The number of para-hydroxylation sites is 1. The molecule has 1 aliphatic carbocycles. The number of carbonyl (C=O) groups is 1. The summed E-state index contributed by atoms with van der Waals surface area (Å²) < 4.78 is 5.88. The minimum absolute atomic E-state index is 0.0235. The quantitative estimate of drug-likeness (QED) is 0.422. The number of nitrogen functional groups attached to an aromatic ring is 1. The number of benzene rings is 2. The predicted octanol–water partition coefficient (Wildman–Crippen LogP) is 5.08. The van der Waals surface area contributed by atoms with Crippen LogP contribution < -0.4 is 15.8 Å². The molecule has 6 heteroatoms. The first-order valence-corrected chi connectivity index (χ1v) is 10.8. The van der Waals surface area contributed by atoms with Crippen LogP contribution in [0.5, 0.6) is 11.5 Å². The Bertz CT molecular complexity index is 1130. The summed E-state index contributed by atoms with van der Waals surface area (Å²) in [5.74, 6) is 7.99. The molecule has 0 radical (unpaired) electrons. The van der Waals surface area contributed by atoms with Crippen LogP contribution in [0, 0.1) is 17.8 Å². The van der Waals surface area contributed by atoms with Gasteiger partial charge in [-0.1, -0.05) is 42.7 Å². The number of carbonyl (C=O) groups excluding carboxylic acids is 1. The monoisotopic (exact) mass is 426 g/mol. The lowest BCUT2D eigenvalue weighted by Crippen LogP contribution is -2.31. The molecule has 2 atom stereocenters. The van der Waals surface area contributed by atoms with Gasteiger partial charge in [-0.3, -0.25) is 4.79 Å². The van der Waals surface area contributed by atoms with E-state index in [2.05, 4.69) is 27.1 Å². The van der Waals surface area contributed by atoms with Crippen molar-refractivity contribution < 1.29 is 9.53 Å². The van der Waals surface area contributed by atoms with Gasteiger partial charge < -0.3 is 15.8 Å². The maximum atomic E-state index is 12.2. The second-order valence-corrected chi connectivity index (χ2v) is 7.87. The van der Waals surface area contributed by atoms with Crippen LogP contribution in [0.25, 0.3) is 11.1 Å². The normalized spacial score (nSPS) is 17.7. The van der Waals surface area contributed by atoms with E-state index < -0.39 is 0 Å². The highest BCUT2D eigenvalue weighted by Gasteiger charge is 2.27. The number of rotatable bonds is 6. The maximum absolute atomic E-state index is 12.2. The molecule has 6 nitrogen and oxygen atoms in total. The van der Waals surface area contributed by atoms with E-state index in [0.717, 1.165) is 48.3 Å². The molecule has 1 aliphatic rings. The molecule has 0 saturated heterocycles. The Morgan fingerprint density at radius 1 is 1.06 bits per heavy atom. The molecule has 3 aromatic rings. The van der Waals surface area contributed by atoms with Crippen molar-refractivity contribution in [3.05, 3.63) is 60.9 Å². The number of aromatic nitrogens is 2. The number of nitrogens with one attached hydrogen (secondary N) is 1. The zero-order valence-corrected chi connectivity index (χ0v) is 18.0. The van der Waals surface area contributed by atoms with Gasteiger partial charge in [0.1, 0.15) is 29.5 Å². The number of nitrogens with two attached hydrogens (primary N) is 1. The van der Waals surface area contributed by atoms with Gasteiger partial charge in [-0.15, -0.1) is 0 Å². The van der Waals surface area contributed by atoms with E-state index in [-0.39, 0.29) is 17.7 Å². The Morgan fingerprint density at radius 3 is 2.56 bits per heavy atom. The first-order valence-electron chi connectivity index (χ1n) is 10.8. The molecule has 3 N–H and O–H groups in total. The summed E-state index contributed by atoms with van der Waals surface area (Å²) >= 11 is 0. The van der Waals surface area contributed by atoms with Gasteiger partial charge in [-0.25, -0.2) is 9.97 Å². The lowest BCUT2D eigenvalue weighted by atomic mass is 9.83. The summed E-state index contributed by atoms with van der Waals surface area (Å²) in [5, 5.41) is 3.51. The van der Waals surface area contributed by atoms with Crippen LogP contribution in [0.4, 0.5) is 11.6 Å². The summed E-state index contributed by atoms with van der Waals surface area (Å²) in [7, 11) is 0. The number of anilines is 2. The Kier molecular flexibility index (Phi) is 6.66. The van der Waals surface area contributed by atoms with Crippen molar-refractivity contribution >= 4 is 17.4 Å². The van der Waals surface area contributed by atoms with Crippen LogP contribution in [0.1, 0.15) is 32.6 Å². The molecule has 1 fully saturated rings. The van der Waals surface area contributed by atoms with Gasteiger partial charge in [-0.05, 0) is 61.9 Å². The van der Waals surface area contributed by atoms with Crippen molar-refractivity contribution in [2.45, 2.75) is 38.6 Å².